The molecule has 3 heterocycles. The Hall–Kier alpha value is -7.61. The molecule has 7 aromatic rings. The van der Waals surface area contributed by atoms with Crippen molar-refractivity contribution in [1.82, 2.24) is 15.3 Å². The number of amides is 3. The maximum atomic E-state index is 14.8. The molecule has 1 saturated heterocycles. The van der Waals surface area contributed by atoms with Crippen LogP contribution in [0.25, 0.3) is 0 Å². The molecular weight excluding hydrogens is 875 g/mol. The number of rotatable bonds is 21. The van der Waals surface area contributed by atoms with Crippen LogP contribution in [0, 0.1) is 23.5 Å². The van der Waals surface area contributed by atoms with E-state index in [2.05, 4.69) is 20.9 Å². The average molecular weight is 929 g/mol. The van der Waals surface area contributed by atoms with Crippen LogP contribution < -0.4 is 20.9 Å². The highest BCUT2D eigenvalue weighted by Crippen LogP contribution is 2.45. The molecule has 352 valence electrons. The van der Waals surface area contributed by atoms with E-state index >= 15 is 0 Å². The van der Waals surface area contributed by atoms with E-state index in [4.69, 9.17) is 4.98 Å². The van der Waals surface area contributed by atoms with Crippen LogP contribution in [-0.2, 0) is 20.9 Å². The number of hydrogen-bond acceptors (Lipinski definition) is 8. The van der Waals surface area contributed by atoms with Gasteiger partial charge in [0.2, 0.25) is 17.7 Å². The van der Waals surface area contributed by atoms with Crippen LogP contribution in [0.2, 0.25) is 0 Å². The normalized spacial score (nSPS) is 16.6. The summed E-state index contributed by atoms with van der Waals surface area (Å²) in [6, 6.07) is 46.9. The van der Waals surface area contributed by atoms with Gasteiger partial charge in [0.05, 0.1) is 36.1 Å². The van der Waals surface area contributed by atoms with Gasteiger partial charge in [-0.25, -0.2) is 13.8 Å². The van der Waals surface area contributed by atoms with Crippen LogP contribution >= 0.6 is 0 Å². The molecule has 0 saturated carbocycles. The van der Waals surface area contributed by atoms with Crippen molar-refractivity contribution >= 4 is 34.9 Å². The fraction of sp³-hybridized carbons (Fsp3) is 0.232. The van der Waals surface area contributed by atoms with Crippen LogP contribution in [-0.4, -0.2) is 43.9 Å². The number of nitrogens with zero attached hydrogens (tertiary/aromatic N) is 3. The number of hydrogen-bond donors (Lipinski definition) is 5. The molecular formula is C56H54F2N6O5. The monoisotopic (exact) mass is 928 g/mol. The molecule has 11 nitrogen and oxygen atoms in total. The largest absolute Gasteiger partial charge is 0.388 e. The van der Waals surface area contributed by atoms with Crippen LogP contribution in [0.4, 0.5) is 26.0 Å². The standard InChI is InChI=1S/C56H54F2N6O5/c57-41-24-21-38(22-25-41)48(65)31-30-45-54(64(56(45)69)43-28-26-42(58)27-29-43)40(23-32-50(66)61-36-37-13-3-1-4-14-37)35-51(67)62-46-18-8-7-17-44(46)53(63-49-20-10-12-34-60-49)52(47-19-9-11-33-59-47)55(68)39-15-5-2-6-16-39/h1-22,24-29,33-34,40,45,48,52-55,65,68H,23,30-32,35-36H2,(H,60,63)(H,61,66)(H,62,67). The number of halogens is 2. The molecule has 0 spiro atoms. The maximum Gasteiger partial charge on any atom is 0.232 e. The summed E-state index contributed by atoms with van der Waals surface area (Å²) in [7, 11) is 0. The summed E-state index contributed by atoms with van der Waals surface area (Å²) < 4.78 is 28.1. The molecule has 1 fully saturated rings. The Morgan fingerprint density at radius 2 is 1.30 bits per heavy atom. The third kappa shape index (κ3) is 12.1. The summed E-state index contributed by atoms with van der Waals surface area (Å²) in [4.78, 5) is 53.4. The Kier molecular flexibility index (Phi) is 15.9. The number of anilines is 3. The number of benzene rings is 5. The first-order valence-corrected chi connectivity index (χ1v) is 23.2. The summed E-state index contributed by atoms with van der Waals surface area (Å²) in [5.74, 6) is -3.26. The zero-order chi connectivity index (χ0) is 48.1. The number of aliphatic hydroxyl groups is 2. The van der Waals surface area contributed by atoms with Crippen LogP contribution in [0.3, 0.4) is 0 Å². The summed E-state index contributed by atoms with van der Waals surface area (Å²) in [5, 5.41) is 33.1. The van der Waals surface area contributed by atoms with Gasteiger partial charge in [0.1, 0.15) is 17.5 Å². The van der Waals surface area contributed by atoms with Crippen LogP contribution in [0.5, 0.6) is 0 Å². The van der Waals surface area contributed by atoms with Gasteiger partial charge in [-0.15, -0.1) is 0 Å². The van der Waals surface area contributed by atoms with E-state index in [9.17, 15) is 33.4 Å². The minimum Gasteiger partial charge on any atom is -0.388 e. The van der Waals surface area contributed by atoms with E-state index < -0.39 is 59.6 Å². The fourth-order valence-electron chi connectivity index (χ4n) is 9.32. The quantitative estimate of drug-likeness (QED) is 0.0446. The van der Waals surface area contributed by atoms with Crippen molar-refractivity contribution < 1.29 is 33.4 Å². The minimum atomic E-state index is -1.06. The maximum absolute atomic E-state index is 14.8. The fourth-order valence-corrected chi connectivity index (χ4v) is 9.32. The summed E-state index contributed by atoms with van der Waals surface area (Å²) in [6.45, 7) is 0.307. The molecule has 7 atom stereocenters. The SMILES string of the molecule is O=C(CCC(CC(=O)Nc1ccccc1C(Nc1ccccn1)C(c1ccccn1)C(O)c1ccccc1)C1C(CCC(O)c2ccc(F)cc2)C(=O)N1c1ccc(F)cc1)NCc1ccccc1. The predicted octanol–water partition coefficient (Wildman–Crippen LogP) is 10.0. The van der Waals surface area contributed by atoms with Gasteiger partial charge in [0, 0.05) is 48.8 Å². The number of pyridine rings is 2. The minimum absolute atomic E-state index is 0.0352. The molecule has 69 heavy (non-hydrogen) atoms. The molecule has 13 heteroatoms. The van der Waals surface area contributed by atoms with Crippen molar-refractivity contribution in [2.75, 3.05) is 15.5 Å². The van der Waals surface area contributed by atoms with E-state index in [1.165, 1.54) is 48.5 Å². The van der Waals surface area contributed by atoms with E-state index in [0.717, 1.165) is 5.56 Å². The van der Waals surface area contributed by atoms with Gasteiger partial charge in [-0.05, 0) is 114 Å². The molecule has 1 aliphatic rings. The molecule has 5 N–H and O–H groups in total. The van der Waals surface area contributed by atoms with Crippen molar-refractivity contribution in [2.45, 2.75) is 68.9 Å². The number of nitrogens with one attached hydrogen (secondary N) is 3. The lowest BCUT2D eigenvalue weighted by molar-refractivity contribution is -0.133. The smallest absolute Gasteiger partial charge is 0.232 e. The van der Waals surface area contributed by atoms with Gasteiger partial charge in [0.15, 0.2) is 0 Å². The average Bonchev–Trinajstić information content (AvgIpc) is 3.38. The van der Waals surface area contributed by atoms with Crippen molar-refractivity contribution in [1.29, 1.82) is 0 Å². The molecule has 7 unspecified atom stereocenters. The van der Waals surface area contributed by atoms with Gasteiger partial charge < -0.3 is 31.1 Å². The first-order valence-electron chi connectivity index (χ1n) is 23.2. The van der Waals surface area contributed by atoms with Gasteiger partial charge in [-0.3, -0.25) is 19.4 Å². The van der Waals surface area contributed by atoms with Crippen molar-refractivity contribution in [3.8, 4) is 0 Å². The molecule has 1 aliphatic heterocycles. The van der Waals surface area contributed by atoms with Gasteiger partial charge in [-0.1, -0.05) is 103 Å². The van der Waals surface area contributed by atoms with Gasteiger partial charge >= 0.3 is 0 Å². The summed E-state index contributed by atoms with van der Waals surface area (Å²) >= 11 is 0. The number of para-hydroxylation sites is 1. The lowest BCUT2D eigenvalue weighted by Gasteiger charge is -2.51. The van der Waals surface area contributed by atoms with Crippen molar-refractivity contribution in [3.63, 3.8) is 0 Å². The second-order valence-electron chi connectivity index (χ2n) is 17.3. The van der Waals surface area contributed by atoms with Gasteiger partial charge in [0.25, 0.3) is 0 Å². The highest BCUT2D eigenvalue weighted by molar-refractivity contribution is 6.03. The number of aromatic nitrogens is 2. The Bertz CT molecular complexity index is 2760. The van der Waals surface area contributed by atoms with E-state index in [0.29, 0.717) is 46.1 Å². The lowest BCUT2D eigenvalue weighted by Crippen LogP contribution is -2.64. The van der Waals surface area contributed by atoms with Crippen molar-refractivity contribution in [2.24, 2.45) is 11.8 Å². The number of β-lactam (4-membered cyclic amide) rings is 1. The molecule has 3 amide bonds. The van der Waals surface area contributed by atoms with Gasteiger partial charge in [-0.2, -0.15) is 0 Å². The highest BCUT2D eigenvalue weighted by atomic mass is 19.1. The van der Waals surface area contributed by atoms with E-state index in [1.807, 2.05) is 97.1 Å². The number of carbonyl (C=O) groups excluding carboxylic acids is 3. The van der Waals surface area contributed by atoms with Crippen LogP contribution in [0.15, 0.2) is 182 Å². The second kappa shape index (κ2) is 22.9. The van der Waals surface area contributed by atoms with Crippen LogP contribution in [0.1, 0.15) is 84.2 Å². The third-order valence-electron chi connectivity index (χ3n) is 12.8. The molecule has 5 aromatic carbocycles. The Balaban J connectivity index is 1.12. The molecule has 2 aromatic heterocycles. The zero-order valence-corrected chi connectivity index (χ0v) is 37.8. The summed E-state index contributed by atoms with van der Waals surface area (Å²) in [5.41, 5.74) is 4.21. The summed E-state index contributed by atoms with van der Waals surface area (Å²) in [6.07, 6.45) is 1.78. The number of aliphatic hydroxyl groups excluding tert-OH is 2. The topological polar surface area (TPSA) is 157 Å². The predicted molar refractivity (Wildman–Crippen MR) is 261 cm³/mol. The highest BCUT2D eigenvalue weighted by Gasteiger charge is 2.51. The van der Waals surface area contributed by atoms with Crippen molar-refractivity contribution in [3.05, 3.63) is 222 Å². The first kappa shape index (κ1) is 47.9. The Labute approximate surface area is 400 Å². The lowest BCUT2D eigenvalue weighted by atomic mass is 9.72. The molecule has 0 aliphatic carbocycles. The van der Waals surface area contributed by atoms with E-state index in [-0.39, 0.29) is 43.9 Å². The number of carbonyl (C=O) groups is 3. The Morgan fingerprint density at radius 1 is 0.667 bits per heavy atom. The third-order valence-corrected chi connectivity index (χ3v) is 12.8. The second-order valence-corrected chi connectivity index (χ2v) is 17.3. The molecule has 0 bridgehead atoms. The molecule has 8 rings (SSSR count). The molecule has 0 radical (unpaired) electrons. The first-order chi connectivity index (χ1) is 33.6. The van der Waals surface area contributed by atoms with E-state index in [1.54, 1.807) is 41.6 Å². The Morgan fingerprint density at radius 3 is 1.99 bits per heavy atom. The zero-order valence-electron chi connectivity index (χ0n) is 37.8.